The molecule has 2 aliphatic rings. The van der Waals surface area contributed by atoms with Crippen LogP contribution in [0.4, 0.5) is 22.0 Å². The van der Waals surface area contributed by atoms with E-state index in [1.54, 1.807) is 23.0 Å². The molecule has 2 fully saturated rings. The highest BCUT2D eigenvalue weighted by molar-refractivity contribution is 6.01. The number of rotatable bonds is 5. The Kier molecular flexibility index (Phi) is 7.25. The molecule has 2 saturated heterocycles. The summed E-state index contributed by atoms with van der Waals surface area (Å²) in [5.41, 5.74) is 0.616. The second-order valence-electron chi connectivity index (χ2n) is 10.4. The second kappa shape index (κ2) is 10.4. The average molecular weight is 552 g/mol. The first-order chi connectivity index (χ1) is 18.4. The lowest BCUT2D eigenvalue weighted by atomic mass is 9.97. The summed E-state index contributed by atoms with van der Waals surface area (Å²) in [5, 5.41) is 8.85. The molecule has 1 atom stereocenters. The van der Waals surface area contributed by atoms with Crippen LogP contribution in [0.5, 0.6) is 0 Å². The smallest absolute Gasteiger partial charge is 0.356 e. The Morgan fingerprint density at radius 1 is 1.05 bits per heavy atom. The number of hydrogen-bond donors (Lipinski definition) is 0. The van der Waals surface area contributed by atoms with Gasteiger partial charge in [-0.3, -0.25) is 9.48 Å². The van der Waals surface area contributed by atoms with E-state index in [9.17, 15) is 26.7 Å². The summed E-state index contributed by atoms with van der Waals surface area (Å²) in [7, 11) is 0. The molecule has 39 heavy (non-hydrogen) atoms. The van der Waals surface area contributed by atoms with E-state index in [-0.39, 0.29) is 30.4 Å². The number of amides is 1. The Morgan fingerprint density at radius 2 is 1.79 bits per heavy atom. The number of hydrogen-bond acceptors (Lipinski definition) is 4. The summed E-state index contributed by atoms with van der Waals surface area (Å²) in [6.45, 7) is 4.05. The van der Waals surface area contributed by atoms with Gasteiger partial charge in [0.05, 0.1) is 11.4 Å². The highest BCUT2D eigenvalue weighted by Crippen LogP contribution is 2.38. The third-order valence-electron chi connectivity index (χ3n) is 7.20. The Bertz CT molecular complexity index is 1330. The van der Waals surface area contributed by atoms with Gasteiger partial charge in [0, 0.05) is 61.5 Å². The van der Waals surface area contributed by atoms with E-state index in [0.717, 1.165) is 23.6 Å². The van der Waals surface area contributed by atoms with Gasteiger partial charge in [0.2, 0.25) is 0 Å². The molecule has 2 aromatic heterocycles. The highest BCUT2D eigenvalue weighted by atomic mass is 19.4. The fraction of sp³-hybridized carbons (Fsp3) is 0.519. The van der Waals surface area contributed by atoms with Crippen LogP contribution in [-0.4, -0.2) is 56.0 Å². The van der Waals surface area contributed by atoms with Crippen molar-refractivity contribution in [3.05, 3.63) is 47.8 Å². The van der Waals surface area contributed by atoms with E-state index < -0.39 is 42.8 Å². The number of carbonyl (C=O) groups excluding carboxylic acids is 1. The number of alkyl halides is 5. The molecular formula is C27H30F5N5O2. The van der Waals surface area contributed by atoms with Gasteiger partial charge in [-0.25, -0.2) is 13.5 Å². The average Bonchev–Trinajstić information content (AvgIpc) is 3.57. The number of carbonyl (C=O) groups is 1. The van der Waals surface area contributed by atoms with Crippen LogP contribution in [0, 0.1) is 0 Å². The van der Waals surface area contributed by atoms with E-state index >= 15 is 0 Å². The van der Waals surface area contributed by atoms with Gasteiger partial charge in [-0.15, -0.1) is 0 Å². The standard InChI is InChI=1S/C27H30F5N5O2/c1-17(2)36-11-8-21(33-36)20-15-18(6-7-19(20)25(38)35-12-9-26(28,29)10-13-35)22-16-23(27(30,31)32)37(34-22)24-5-3-4-14-39-24/h6-8,11,15-17,24H,3-5,9-10,12-14H2,1-2H3. The van der Waals surface area contributed by atoms with Gasteiger partial charge < -0.3 is 9.64 Å². The van der Waals surface area contributed by atoms with E-state index in [0.29, 0.717) is 29.8 Å². The third-order valence-corrected chi connectivity index (χ3v) is 7.20. The quantitative estimate of drug-likeness (QED) is 0.336. The Balaban J connectivity index is 1.56. The maximum atomic E-state index is 14.0. The summed E-state index contributed by atoms with van der Waals surface area (Å²) in [6.07, 6.45) is -2.62. The Hall–Kier alpha value is -3.28. The van der Waals surface area contributed by atoms with E-state index in [2.05, 4.69) is 10.2 Å². The summed E-state index contributed by atoms with van der Waals surface area (Å²) in [5.74, 6) is -3.24. The zero-order valence-electron chi connectivity index (χ0n) is 21.7. The predicted octanol–water partition coefficient (Wildman–Crippen LogP) is 6.58. The number of aromatic nitrogens is 4. The third kappa shape index (κ3) is 5.70. The summed E-state index contributed by atoms with van der Waals surface area (Å²) in [6, 6.07) is 7.37. The molecule has 1 unspecified atom stereocenters. The van der Waals surface area contributed by atoms with Gasteiger partial charge in [-0.05, 0) is 57.4 Å². The van der Waals surface area contributed by atoms with Crippen molar-refractivity contribution >= 4 is 5.91 Å². The molecule has 210 valence electrons. The molecule has 2 aliphatic heterocycles. The normalized spacial score (nSPS) is 20.0. The first kappa shape index (κ1) is 27.3. The van der Waals surface area contributed by atoms with Crippen molar-refractivity contribution in [1.82, 2.24) is 24.5 Å². The monoisotopic (exact) mass is 551 g/mol. The predicted molar refractivity (Wildman–Crippen MR) is 133 cm³/mol. The molecule has 3 aromatic rings. The van der Waals surface area contributed by atoms with Gasteiger partial charge in [0.1, 0.15) is 5.69 Å². The minimum absolute atomic E-state index is 0.0333. The van der Waals surface area contributed by atoms with E-state index in [4.69, 9.17) is 4.74 Å². The van der Waals surface area contributed by atoms with Crippen LogP contribution in [0.3, 0.4) is 0 Å². The van der Waals surface area contributed by atoms with Gasteiger partial charge in [-0.1, -0.05) is 6.07 Å². The molecular weight excluding hydrogens is 521 g/mol. The number of nitrogens with zero attached hydrogens (tertiary/aromatic N) is 5. The topological polar surface area (TPSA) is 65.2 Å². The molecule has 0 N–H and O–H groups in total. The maximum Gasteiger partial charge on any atom is 0.433 e. The van der Waals surface area contributed by atoms with E-state index in [1.807, 2.05) is 13.8 Å². The van der Waals surface area contributed by atoms with Crippen LogP contribution >= 0.6 is 0 Å². The molecule has 5 rings (SSSR count). The zero-order valence-corrected chi connectivity index (χ0v) is 21.7. The minimum Gasteiger partial charge on any atom is -0.356 e. The van der Waals surface area contributed by atoms with Gasteiger partial charge >= 0.3 is 6.18 Å². The van der Waals surface area contributed by atoms with Crippen molar-refractivity contribution in [2.24, 2.45) is 0 Å². The second-order valence-corrected chi connectivity index (χ2v) is 10.4. The van der Waals surface area contributed by atoms with Crippen LogP contribution in [-0.2, 0) is 10.9 Å². The van der Waals surface area contributed by atoms with Crippen molar-refractivity contribution < 1.29 is 31.5 Å². The molecule has 7 nitrogen and oxygen atoms in total. The Morgan fingerprint density at radius 3 is 2.41 bits per heavy atom. The van der Waals surface area contributed by atoms with Crippen molar-refractivity contribution in [2.45, 2.75) is 70.3 Å². The van der Waals surface area contributed by atoms with Crippen molar-refractivity contribution in [3.8, 4) is 22.5 Å². The molecule has 0 spiro atoms. The molecule has 1 amide bonds. The fourth-order valence-electron chi connectivity index (χ4n) is 4.96. The summed E-state index contributed by atoms with van der Waals surface area (Å²) in [4.78, 5) is 14.8. The molecule has 0 aliphatic carbocycles. The Labute approximate surface area is 222 Å². The summed E-state index contributed by atoms with van der Waals surface area (Å²) >= 11 is 0. The van der Waals surface area contributed by atoms with Gasteiger partial charge in [-0.2, -0.15) is 23.4 Å². The fourth-order valence-corrected chi connectivity index (χ4v) is 4.96. The van der Waals surface area contributed by atoms with Crippen LogP contribution in [0.1, 0.15) is 74.3 Å². The van der Waals surface area contributed by atoms with Crippen LogP contribution in [0.25, 0.3) is 22.5 Å². The van der Waals surface area contributed by atoms with Crippen molar-refractivity contribution in [1.29, 1.82) is 0 Å². The van der Waals surface area contributed by atoms with Crippen molar-refractivity contribution in [2.75, 3.05) is 19.7 Å². The molecule has 1 aromatic carbocycles. The molecule has 4 heterocycles. The SMILES string of the molecule is CC(C)n1ccc(-c2cc(-c3cc(C(F)(F)F)n(C4CCCCO4)n3)ccc2C(=O)N2CCC(F)(F)CC2)n1. The van der Waals surface area contributed by atoms with Gasteiger partial charge in [0.15, 0.2) is 6.23 Å². The van der Waals surface area contributed by atoms with Gasteiger partial charge in [0.25, 0.3) is 11.8 Å². The van der Waals surface area contributed by atoms with Crippen LogP contribution in [0.15, 0.2) is 36.5 Å². The number of halogens is 5. The lowest BCUT2D eigenvalue weighted by Crippen LogP contribution is -2.42. The lowest BCUT2D eigenvalue weighted by molar-refractivity contribution is -0.152. The van der Waals surface area contributed by atoms with E-state index in [1.165, 1.54) is 17.0 Å². The lowest BCUT2D eigenvalue weighted by Gasteiger charge is -2.32. The molecule has 12 heteroatoms. The number of benzene rings is 1. The maximum absolute atomic E-state index is 14.0. The summed E-state index contributed by atoms with van der Waals surface area (Å²) < 4.78 is 77.5. The zero-order chi connectivity index (χ0) is 27.9. The molecule has 0 bridgehead atoms. The van der Waals surface area contributed by atoms with Crippen molar-refractivity contribution in [3.63, 3.8) is 0 Å². The molecule has 0 radical (unpaired) electrons. The first-order valence-corrected chi connectivity index (χ1v) is 13.1. The van der Waals surface area contributed by atoms with Crippen LogP contribution in [0.2, 0.25) is 0 Å². The minimum atomic E-state index is -4.64. The number of likely N-dealkylation sites (tertiary alicyclic amines) is 1. The first-order valence-electron chi connectivity index (χ1n) is 13.1. The molecule has 0 saturated carbocycles. The largest absolute Gasteiger partial charge is 0.433 e. The highest BCUT2D eigenvalue weighted by Gasteiger charge is 2.39. The number of ether oxygens (including phenoxy) is 1. The van der Waals surface area contributed by atoms with Crippen LogP contribution < -0.4 is 0 Å². The number of piperidine rings is 1.